The van der Waals surface area contributed by atoms with Crippen molar-refractivity contribution in [3.63, 3.8) is 0 Å². The largest absolute Gasteiger partial charge is 0.474 e. The highest BCUT2D eigenvalue weighted by molar-refractivity contribution is 7.98. The van der Waals surface area contributed by atoms with E-state index in [0.717, 1.165) is 11.3 Å². The zero-order valence-corrected chi connectivity index (χ0v) is 20.6. The Balaban J connectivity index is 1.67. The van der Waals surface area contributed by atoms with Gasteiger partial charge < -0.3 is 14.2 Å². The van der Waals surface area contributed by atoms with Gasteiger partial charge in [-0.1, -0.05) is 36.4 Å². The highest BCUT2D eigenvalue weighted by Gasteiger charge is 2.46. The normalized spacial score (nSPS) is 21.2. The van der Waals surface area contributed by atoms with Crippen molar-refractivity contribution in [3.8, 4) is 5.75 Å². The summed E-state index contributed by atoms with van der Waals surface area (Å²) in [7, 11) is 2.12. The number of aryl methyl sites for hydroxylation is 1. The Kier molecular flexibility index (Phi) is 5.40. The fourth-order valence-electron chi connectivity index (χ4n) is 5.25. The van der Waals surface area contributed by atoms with Gasteiger partial charge in [-0.2, -0.15) is 0 Å². The molecular formula is C25H24N3O4PS. The lowest BCUT2D eigenvalue weighted by molar-refractivity contribution is -0.0196. The van der Waals surface area contributed by atoms with Gasteiger partial charge in [0.2, 0.25) is 11.2 Å². The summed E-state index contributed by atoms with van der Waals surface area (Å²) in [5.41, 5.74) is 4.80. The first kappa shape index (κ1) is 21.7. The summed E-state index contributed by atoms with van der Waals surface area (Å²) >= 11 is 1.83. The van der Waals surface area contributed by atoms with Crippen LogP contribution in [0, 0.1) is 6.92 Å². The highest BCUT2D eigenvalue weighted by Crippen LogP contribution is 2.45. The van der Waals surface area contributed by atoms with Gasteiger partial charge in [0, 0.05) is 29.5 Å². The Morgan fingerprint density at radius 2 is 1.91 bits per heavy atom. The van der Waals surface area contributed by atoms with Gasteiger partial charge in [-0.3, -0.25) is 19.3 Å². The van der Waals surface area contributed by atoms with Crippen molar-refractivity contribution in [2.24, 2.45) is 0 Å². The van der Waals surface area contributed by atoms with E-state index in [1.165, 1.54) is 27.7 Å². The molecule has 0 saturated carbocycles. The number of hydrogen-bond acceptors (Lipinski definition) is 6. The minimum atomic E-state index is -0.330. The molecule has 3 atom stereocenters. The van der Waals surface area contributed by atoms with Crippen LogP contribution in [0.1, 0.15) is 38.8 Å². The number of fused-ring (bicyclic) bond motifs is 4. The van der Waals surface area contributed by atoms with Crippen LogP contribution in [0.2, 0.25) is 0 Å². The van der Waals surface area contributed by atoms with Crippen molar-refractivity contribution in [1.82, 2.24) is 9.58 Å². The molecule has 0 aliphatic carbocycles. The standard InChI is InChI=1S/C25H24N3O4PS/c1-15-5-4-7-16-18(15)14-34-20-8-3-2-6-17(20)22(16)28-21-13-31-12-11-26(21)25(30)23-24(32-33)19(29)9-10-27(23)28/h2-10,21-22H,11-14,33H2,1H3/t21-,22+/m1/s1. The van der Waals surface area contributed by atoms with Crippen LogP contribution in [0.25, 0.3) is 0 Å². The van der Waals surface area contributed by atoms with Gasteiger partial charge in [0.25, 0.3) is 5.91 Å². The molecule has 9 heteroatoms. The van der Waals surface area contributed by atoms with Gasteiger partial charge in [-0.25, -0.2) is 0 Å². The smallest absolute Gasteiger partial charge is 0.278 e. The van der Waals surface area contributed by atoms with Gasteiger partial charge in [-0.15, -0.1) is 11.8 Å². The van der Waals surface area contributed by atoms with E-state index in [1.807, 2.05) is 21.3 Å². The number of aromatic nitrogens is 1. The molecule has 0 radical (unpaired) electrons. The summed E-state index contributed by atoms with van der Waals surface area (Å²) in [6, 6.07) is 16.1. The van der Waals surface area contributed by atoms with Gasteiger partial charge >= 0.3 is 0 Å². The van der Waals surface area contributed by atoms with Gasteiger partial charge in [0.15, 0.2) is 5.69 Å². The SMILES string of the molecule is Cc1cccc2c1CSc1ccccc1[C@H]2N1[C@@H]2COCCN2C(=O)c2c(OP)c(=O)ccn21. The van der Waals surface area contributed by atoms with E-state index in [9.17, 15) is 9.59 Å². The summed E-state index contributed by atoms with van der Waals surface area (Å²) < 4.78 is 13.1. The molecule has 3 aromatic rings. The van der Waals surface area contributed by atoms with Crippen LogP contribution in [0.5, 0.6) is 5.75 Å². The van der Waals surface area contributed by atoms with E-state index in [-0.39, 0.29) is 35.0 Å². The fraction of sp³-hybridized carbons (Fsp3) is 0.280. The molecule has 3 aliphatic heterocycles. The maximum atomic E-state index is 13.6. The number of benzene rings is 2. The van der Waals surface area contributed by atoms with Crippen molar-refractivity contribution in [2.45, 2.75) is 29.8 Å². The van der Waals surface area contributed by atoms with Crippen LogP contribution in [0.4, 0.5) is 0 Å². The van der Waals surface area contributed by atoms with Crippen molar-refractivity contribution in [3.05, 3.63) is 92.9 Å². The number of hydrogen-bond donors (Lipinski definition) is 0. The summed E-state index contributed by atoms with van der Waals surface area (Å²) in [4.78, 5) is 29.3. The molecule has 0 spiro atoms. The second kappa shape index (κ2) is 8.45. The Morgan fingerprint density at radius 3 is 2.76 bits per heavy atom. The Labute approximate surface area is 203 Å². The van der Waals surface area contributed by atoms with Crippen LogP contribution in [-0.2, 0) is 10.5 Å². The number of rotatable bonds is 2. The number of ether oxygens (including phenoxy) is 1. The van der Waals surface area contributed by atoms with Crippen LogP contribution >= 0.6 is 21.2 Å². The number of carbonyl (C=O) groups excluding carboxylic acids is 1. The lowest BCUT2D eigenvalue weighted by Gasteiger charge is -2.51. The molecule has 0 bridgehead atoms. The Bertz CT molecular complexity index is 1360. The minimum absolute atomic E-state index is 0.0354. The molecule has 3 aliphatic rings. The second-order valence-corrected chi connectivity index (χ2v) is 9.88. The number of nitrogens with zero attached hydrogens (tertiary/aromatic N) is 3. The molecular weight excluding hydrogens is 469 g/mol. The zero-order chi connectivity index (χ0) is 23.4. The first-order valence-electron chi connectivity index (χ1n) is 11.2. The highest BCUT2D eigenvalue weighted by atomic mass is 32.2. The fourth-order valence-corrected chi connectivity index (χ4v) is 6.70. The average Bonchev–Trinajstić information content (AvgIpc) is 3.02. The number of carbonyl (C=O) groups is 1. The third-order valence-electron chi connectivity index (χ3n) is 6.86. The average molecular weight is 494 g/mol. The molecule has 0 N–H and O–H groups in total. The molecule has 34 heavy (non-hydrogen) atoms. The number of thioether (sulfide) groups is 1. The minimum Gasteiger partial charge on any atom is -0.474 e. The molecule has 174 valence electrons. The van der Waals surface area contributed by atoms with Gasteiger partial charge in [0.1, 0.15) is 6.17 Å². The molecule has 1 saturated heterocycles. The lowest BCUT2D eigenvalue weighted by Crippen LogP contribution is -2.66. The van der Waals surface area contributed by atoms with Crippen molar-refractivity contribution in [1.29, 1.82) is 0 Å². The quantitative estimate of drug-likeness (QED) is 0.510. The predicted molar refractivity (Wildman–Crippen MR) is 134 cm³/mol. The van der Waals surface area contributed by atoms with Crippen LogP contribution in [0.15, 0.2) is 64.4 Å². The van der Waals surface area contributed by atoms with Crippen molar-refractivity contribution in [2.75, 3.05) is 24.8 Å². The van der Waals surface area contributed by atoms with E-state index >= 15 is 0 Å². The number of morpholine rings is 1. The van der Waals surface area contributed by atoms with Crippen molar-refractivity contribution >= 4 is 27.1 Å². The van der Waals surface area contributed by atoms with Gasteiger partial charge in [-0.05, 0) is 35.2 Å². The van der Waals surface area contributed by atoms with E-state index in [0.29, 0.717) is 19.8 Å². The predicted octanol–water partition coefficient (Wildman–Crippen LogP) is 3.47. The molecule has 6 rings (SSSR count). The van der Waals surface area contributed by atoms with E-state index in [4.69, 9.17) is 9.26 Å². The topological polar surface area (TPSA) is 64.0 Å². The third kappa shape index (κ3) is 3.20. The first-order chi connectivity index (χ1) is 16.6. The molecule has 1 aromatic heterocycles. The Hall–Kier alpha value is -2.80. The first-order valence-corrected chi connectivity index (χ1v) is 12.7. The molecule has 2 aromatic carbocycles. The van der Waals surface area contributed by atoms with E-state index in [2.05, 4.69) is 63.9 Å². The van der Waals surface area contributed by atoms with E-state index in [1.54, 1.807) is 6.20 Å². The molecule has 4 heterocycles. The van der Waals surface area contributed by atoms with Crippen molar-refractivity contribution < 1.29 is 14.1 Å². The maximum absolute atomic E-state index is 13.6. The third-order valence-corrected chi connectivity index (χ3v) is 8.22. The molecule has 7 nitrogen and oxygen atoms in total. The van der Waals surface area contributed by atoms with Gasteiger partial charge in [0.05, 0.1) is 28.7 Å². The second-order valence-electron chi connectivity index (χ2n) is 8.63. The monoisotopic (exact) mass is 493 g/mol. The summed E-state index contributed by atoms with van der Waals surface area (Å²) in [6.45, 7) is 3.43. The van der Waals surface area contributed by atoms with Crippen LogP contribution in [0.3, 0.4) is 0 Å². The van der Waals surface area contributed by atoms with E-state index < -0.39 is 0 Å². The summed E-state index contributed by atoms with van der Waals surface area (Å²) in [6.07, 6.45) is 1.35. The van der Waals surface area contributed by atoms with Crippen LogP contribution in [-0.4, -0.2) is 41.4 Å². The number of pyridine rings is 1. The zero-order valence-electron chi connectivity index (χ0n) is 18.6. The summed E-state index contributed by atoms with van der Waals surface area (Å²) in [5.74, 6) is 0.679. The lowest BCUT2D eigenvalue weighted by atomic mass is 9.91. The van der Waals surface area contributed by atoms with Crippen LogP contribution < -0.4 is 15.0 Å². The molecule has 1 unspecified atom stereocenters. The molecule has 1 fully saturated rings. The maximum Gasteiger partial charge on any atom is 0.278 e. The Morgan fingerprint density at radius 1 is 1.09 bits per heavy atom. The summed E-state index contributed by atoms with van der Waals surface area (Å²) in [5, 5.41) is 2.19. The molecule has 1 amide bonds. The number of amides is 1.